The summed E-state index contributed by atoms with van der Waals surface area (Å²) < 4.78 is 35.1. The van der Waals surface area contributed by atoms with Crippen molar-refractivity contribution in [3.8, 4) is 0 Å². The molecule has 0 aliphatic heterocycles. The van der Waals surface area contributed by atoms with Crippen LogP contribution in [0.25, 0.3) is 0 Å². The quantitative estimate of drug-likeness (QED) is 0.480. The molecule has 0 atom stereocenters. The summed E-state index contributed by atoms with van der Waals surface area (Å²) in [7, 11) is 0. The van der Waals surface area contributed by atoms with Gasteiger partial charge in [-0.25, -0.2) is 0 Å². The second-order valence-electron chi connectivity index (χ2n) is 2.81. The van der Waals surface area contributed by atoms with Crippen LogP contribution in [0.4, 0.5) is 13.2 Å². The third-order valence-corrected chi connectivity index (χ3v) is 1.56. The van der Waals surface area contributed by atoms with Gasteiger partial charge in [0.15, 0.2) is 0 Å². The Labute approximate surface area is 81.3 Å². The lowest BCUT2D eigenvalue weighted by molar-refractivity contribution is -0.171. The average Bonchev–Trinajstić information content (AvgIpc) is 2.09. The fourth-order valence-electron chi connectivity index (χ4n) is 0.833. The molecule has 0 aliphatic rings. The second kappa shape index (κ2) is 6.40. The lowest BCUT2D eigenvalue weighted by Gasteiger charge is -2.02. The number of alkyl halides is 3. The highest BCUT2D eigenvalue weighted by molar-refractivity contribution is 5.83. The van der Waals surface area contributed by atoms with E-state index >= 15 is 0 Å². The summed E-state index contributed by atoms with van der Waals surface area (Å²) >= 11 is 0. The van der Waals surface area contributed by atoms with Crippen LogP contribution >= 0.6 is 0 Å². The number of hydrogen-bond acceptors (Lipinski definition) is 1. The molecule has 0 aromatic carbocycles. The van der Waals surface area contributed by atoms with Gasteiger partial charge in [-0.3, -0.25) is 4.79 Å². The number of rotatable bonds is 6. The molecule has 80 valence electrons. The Bertz CT molecular complexity index is 216. The highest BCUT2D eigenvalue weighted by atomic mass is 19.4. The first-order valence-electron chi connectivity index (χ1n) is 4.34. The van der Waals surface area contributed by atoms with E-state index in [1.165, 1.54) is 0 Å². The van der Waals surface area contributed by atoms with Gasteiger partial charge in [0, 0.05) is 6.42 Å². The third-order valence-electron chi connectivity index (χ3n) is 1.56. The second-order valence-corrected chi connectivity index (χ2v) is 2.81. The SMILES string of the molecule is C=CC/C=C\CCCC(=O)C(F)(F)F. The Balaban J connectivity index is 3.55. The Morgan fingerprint density at radius 3 is 2.43 bits per heavy atom. The topological polar surface area (TPSA) is 17.1 Å². The maximum Gasteiger partial charge on any atom is 0.449 e. The minimum Gasteiger partial charge on any atom is -0.290 e. The summed E-state index contributed by atoms with van der Waals surface area (Å²) in [6, 6.07) is 0. The van der Waals surface area contributed by atoms with E-state index in [1.54, 1.807) is 12.2 Å². The Morgan fingerprint density at radius 2 is 1.93 bits per heavy atom. The molecule has 0 rings (SSSR count). The fourth-order valence-corrected chi connectivity index (χ4v) is 0.833. The van der Waals surface area contributed by atoms with Crippen molar-refractivity contribution in [1.82, 2.24) is 0 Å². The van der Waals surface area contributed by atoms with Crippen molar-refractivity contribution >= 4 is 5.78 Å². The molecule has 0 saturated heterocycles. The molecule has 0 heterocycles. The van der Waals surface area contributed by atoms with Crippen molar-refractivity contribution in [3.63, 3.8) is 0 Å². The van der Waals surface area contributed by atoms with Crippen LogP contribution in [-0.4, -0.2) is 12.0 Å². The number of ketones is 1. The normalized spacial score (nSPS) is 11.9. The molecule has 0 radical (unpaired) electrons. The molecule has 0 bridgehead atoms. The average molecular weight is 206 g/mol. The third kappa shape index (κ3) is 6.46. The van der Waals surface area contributed by atoms with Crippen molar-refractivity contribution in [2.75, 3.05) is 0 Å². The van der Waals surface area contributed by atoms with Crippen molar-refractivity contribution in [2.24, 2.45) is 0 Å². The van der Waals surface area contributed by atoms with E-state index in [-0.39, 0.29) is 6.42 Å². The standard InChI is InChI=1S/C10H13F3O/c1-2-3-4-5-6-7-8-9(14)10(11,12)13/h2,4-5H,1,3,6-8H2/b5-4-. The summed E-state index contributed by atoms with van der Waals surface area (Å²) in [5.74, 6) is -1.64. The van der Waals surface area contributed by atoms with Crippen LogP contribution in [0.1, 0.15) is 25.7 Å². The van der Waals surface area contributed by atoms with Crippen molar-refractivity contribution in [3.05, 3.63) is 24.8 Å². The maximum atomic E-state index is 11.7. The van der Waals surface area contributed by atoms with Crippen molar-refractivity contribution < 1.29 is 18.0 Å². The van der Waals surface area contributed by atoms with E-state index in [9.17, 15) is 18.0 Å². The van der Waals surface area contributed by atoms with Crippen LogP contribution in [0.3, 0.4) is 0 Å². The van der Waals surface area contributed by atoms with E-state index < -0.39 is 18.4 Å². The zero-order valence-corrected chi connectivity index (χ0v) is 7.81. The molecule has 0 amide bonds. The highest BCUT2D eigenvalue weighted by Gasteiger charge is 2.36. The van der Waals surface area contributed by atoms with Gasteiger partial charge in [-0.15, -0.1) is 6.58 Å². The minimum atomic E-state index is -4.68. The predicted octanol–water partition coefficient (Wildman–Crippen LogP) is 3.42. The highest BCUT2D eigenvalue weighted by Crippen LogP contribution is 2.19. The molecule has 0 saturated carbocycles. The first kappa shape index (κ1) is 12.9. The summed E-state index contributed by atoms with van der Waals surface area (Å²) in [5.41, 5.74) is 0. The van der Waals surface area contributed by atoms with Gasteiger partial charge in [-0.2, -0.15) is 13.2 Å². The summed E-state index contributed by atoms with van der Waals surface area (Å²) in [6.07, 6.45) is 1.59. The molecule has 0 fully saturated rings. The zero-order valence-electron chi connectivity index (χ0n) is 7.81. The monoisotopic (exact) mass is 206 g/mol. The number of carbonyl (C=O) groups excluding carboxylic acids is 1. The van der Waals surface area contributed by atoms with E-state index in [0.29, 0.717) is 12.8 Å². The Hall–Kier alpha value is -1.06. The molecule has 0 aromatic heterocycles. The number of unbranched alkanes of at least 4 members (excludes halogenated alkanes) is 1. The van der Waals surface area contributed by atoms with E-state index in [2.05, 4.69) is 6.58 Å². The van der Waals surface area contributed by atoms with Gasteiger partial charge in [0.2, 0.25) is 5.78 Å². The number of allylic oxidation sites excluding steroid dienone is 3. The number of halogens is 3. The van der Waals surface area contributed by atoms with E-state index in [0.717, 1.165) is 0 Å². The first-order valence-corrected chi connectivity index (χ1v) is 4.34. The van der Waals surface area contributed by atoms with Crippen LogP contribution in [0, 0.1) is 0 Å². The molecule has 14 heavy (non-hydrogen) atoms. The summed E-state index contributed by atoms with van der Waals surface area (Å²) in [6.45, 7) is 3.48. The molecule has 0 spiro atoms. The van der Waals surface area contributed by atoms with Gasteiger partial charge in [-0.1, -0.05) is 18.2 Å². The van der Waals surface area contributed by atoms with Gasteiger partial charge >= 0.3 is 6.18 Å². The molecular weight excluding hydrogens is 193 g/mol. The lowest BCUT2D eigenvalue weighted by atomic mass is 10.1. The first-order chi connectivity index (χ1) is 6.48. The molecule has 4 heteroatoms. The smallest absolute Gasteiger partial charge is 0.290 e. The predicted molar refractivity (Wildman–Crippen MR) is 48.9 cm³/mol. The van der Waals surface area contributed by atoms with Crippen LogP contribution in [-0.2, 0) is 4.79 Å². The minimum absolute atomic E-state index is 0.242. The molecule has 1 nitrogen and oxygen atoms in total. The van der Waals surface area contributed by atoms with Gasteiger partial charge in [0.05, 0.1) is 0 Å². The molecule has 0 N–H and O–H groups in total. The van der Waals surface area contributed by atoms with Gasteiger partial charge in [0.1, 0.15) is 0 Å². The van der Waals surface area contributed by atoms with Gasteiger partial charge in [0.25, 0.3) is 0 Å². The van der Waals surface area contributed by atoms with Crippen LogP contribution in [0.15, 0.2) is 24.8 Å². The van der Waals surface area contributed by atoms with Crippen LogP contribution in [0.5, 0.6) is 0 Å². The molecular formula is C10H13F3O. The Kier molecular flexibility index (Phi) is 5.92. The maximum absolute atomic E-state index is 11.7. The summed E-state index contributed by atoms with van der Waals surface area (Å²) in [4.78, 5) is 10.4. The number of carbonyl (C=O) groups is 1. The number of hydrogen-bond donors (Lipinski definition) is 0. The fraction of sp³-hybridized carbons (Fsp3) is 0.500. The Morgan fingerprint density at radius 1 is 1.29 bits per heavy atom. The van der Waals surface area contributed by atoms with Gasteiger partial charge in [-0.05, 0) is 19.3 Å². The molecule has 0 aromatic rings. The summed E-state index contributed by atoms with van der Waals surface area (Å²) in [5, 5.41) is 0. The largest absolute Gasteiger partial charge is 0.449 e. The van der Waals surface area contributed by atoms with Gasteiger partial charge < -0.3 is 0 Å². The van der Waals surface area contributed by atoms with E-state index in [1.807, 2.05) is 6.08 Å². The lowest BCUT2D eigenvalue weighted by Crippen LogP contribution is -2.22. The molecule has 0 unspecified atom stereocenters. The van der Waals surface area contributed by atoms with Crippen LogP contribution < -0.4 is 0 Å². The van der Waals surface area contributed by atoms with Crippen molar-refractivity contribution in [1.29, 1.82) is 0 Å². The van der Waals surface area contributed by atoms with Crippen molar-refractivity contribution in [2.45, 2.75) is 31.9 Å². The number of Topliss-reactive ketones (excluding diaryl/α,β-unsaturated/α-hetero) is 1. The van der Waals surface area contributed by atoms with E-state index in [4.69, 9.17) is 0 Å². The van der Waals surface area contributed by atoms with Crippen LogP contribution in [0.2, 0.25) is 0 Å². The zero-order chi connectivity index (χ0) is 11.0. The molecule has 0 aliphatic carbocycles.